The number of benzene rings is 2. The molecule has 130 valence electrons. The second-order valence-electron chi connectivity index (χ2n) is 5.08. The molecule has 0 aliphatic carbocycles. The number of anilines is 2. The molecule has 0 aliphatic rings. The van der Waals surface area contributed by atoms with Gasteiger partial charge in [-0.25, -0.2) is 4.79 Å². The minimum absolute atomic E-state index is 0.0115. The summed E-state index contributed by atoms with van der Waals surface area (Å²) in [4.78, 5) is 34.1. The van der Waals surface area contributed by atoms with Gasteiger partial charge in [0.15, 0.2) is 11.9 Å². The Kier molecular flexibility index (Phi) is 5.18. The number of ether oxygens (including phenoxy) is 1. The number of non-ortho nitro benzene ring substituents is 1. The van der Waals surface area contributed by atoms with E-state index >= 15 is 0 Å². The molecule has 4 N–H and O–H groups in total. The number of nitrogens with two attached hydrogens (primary N) is 1. The quantitative estimate of drug-likeness (QED) is 0.247. The number of nitro benzene ring substituents is 1. The van der Waals surface area contributed by atoms with E-state index in [1.165, 1.54) is 49.4 Å². The maximum atomic E-state index is 12.0. The molecular formula is C16H15N3O6. The highest BCUT2D eigenvalue weighted by atomic mass is 16.6. The van der Waals surface area contributed by atoms with E-state index in [1.807, 2.05) is 0 Å². The monoisotopic (exact) mass is 345 g/mol. The van der Waals surface area contributed by atoms with Crippen LogP contribution in [0.2, 0.25) is 0 Å². The minimum atomic E-state index is -1.16. The maximum Gasteiger partial charge on any atom is 0.342 e. The average molecular weight is 345 g/mol. The number of nitrogens with one attached hydrogen (secondary N) is 1. The molecule has 2 aromatic carbocycles. The smallest absolute Gasteiger partial charge is 0.342 e. The van der Waals surface area contributed by atoms with E-state index in [2.05, 4.69) is 5.32 Å². The molecule has 0 unspecified atom stereocenters. The van der Waals surface area contributed by atoms with E-state index in [9.17, 15) is 24.8 Å². The van der Waals surface area contributed by atoms with Crippen LogP contribution in [0.15, 0.2) is 42.5 Å². The second-order valence-corrected chi connectivity index (χ2v) is 5.08. The van der Waals surface area contributed by atoms with Gasteiger partial charge in [-0.15, -0.1) is 0 Å². The number of para-hydroxylation sites is 1. The predicted molar refractivity (Wildman–Crippen MR) is 89.1 cm³/mol. The molecule has 1 atom stereocenters. The molecular weight excluding hydrogens is 330 g/mol. The number of hydrogen-bond donors (Lipinski definition) is 3. The summed E-state index contributed by atoms with van der Waals surface area (Å²) < 4.78 is 4.99. The van der Waals surface area contributed by atoms with Gasteiger partial charge in [0.1, 0.15) is 5.56 Å². The standard InChI is InChI=1S/C16H15N3O6/c1-9(25-16(22)12-3-2-4-13(17)14(12)20)15(21)18-10-5-7-11(8-6-10)19(23)24/h2-9,20H,17H2,1H3,(H,18,21)/t9-/m0/s1. The molecule has 0 bridgehead atoms. The summed E-state index contributed by atoms with van der Waals surface area (Å²) >= 11 is 0. The minimum Gasteiger partial charge on any atom is -0.505 e. The number of nitrogens with zero attached hydrogens (tertiary/aromatic N) is 1. The number of phenols is 1. The highest BCUT2D eigenvalue weighted by Gasteiger charge is 2.22. The number of rotatable bonds is 5. The molecule has 9 nitrogen and oxygen atoms in total. The van der Waals surface area contributed by atoms with E-state index in [4.69, 9.17) is 10.5 Å². The third-order valence-electron chi connectivity index (χ3n) is 3.29. The van der Waals surface area contributed by atoms with Gasteiger partial charge in [0, 0.05) is 17.8 Å². The number of esters is 1. The third kappa shape index (κ3) is 4.22. The predicted octanol–water partition coefficient (Wildman–Crippen LogP) is 2.07. The average Bonchev–Trinajstić information content (AvgIpc) is 2.57. The fourth-order valence-corrected chi connectivity index (χ4v) is 1.91. The topological polar surface area (TPSA) is 145 Å². The lowest BCUT2D eigenvalue weighted by Crippen LogP contribution is -2.30. The summed E-state index contributed by atoms with van der Waals surface area (Å²) in [6.07, 6.45) is -1.16. The number of phenolic OH excluding ortho intramolecular Hbond substituents is 1. The Balaban J connectivity index is 2.01. The van der Waals surface area contributed by atoms with Crippen LogP contribution in [0.3, 0.4) is 0 Å². The van der Waals surface area contributed by atoms with Crippen LogP contribution in [-0.2, 0) is 9.53 Å². The summed E-state index contributed by atoms with van der Waals surface area (Å²) in [6.45, 7) is 1.35. The Morgan fingerprint density at radius 2 is 1.88 bits per heavy atom. The van der Waals surface area contributed by atoms with Crippen molar-refractivity contribution in [2.75, 3.05) is 11.1 Å². The van der Waals surface area contributed by atoms with Gasteiger partial charge in [-0.1, -0.05) is 6.07 Å². The van der Waals surface area contributed by atoms with Gasteiger partial charge in [-0.3, -0.25) is 14.9 Å². The van der Waals surface area contributed by atoms with E-state index in [0.717, 1.165) is 0 Å². The first-order chi connectivity index (χ1) is 11.8. The molecule has 0 aromatic heterocycles. The Hall–Kier alpha value is -3.62. The van der Waals surface area contributed by atoms with Crippen molar-refractivity contribution in [3.05, 3.63) is 58.1 Å². The summed E-state index contributed by atoms with van der Waals surface area (Å²) in [5.74, 6) is -1.96. The Morgan fingerprint density at radius 1 is 1.24 bits per heavy atom. The number of hydrogen-bond acceptors (Lipinski definition) is 7. The van der Waals surface area contributed by atoms with E-state index in [0.29, 0.717) is 5.69 Å². The van der Waals surface area contributed by atoms with Gasteiger partial charge in [-0.2, -0.15) is 0 Å². The van der Waals surface area contributed by atoms with Crippen LogP contribution in [0.25, 0.3) is 0 Å². The molecule has 0 fully saturated rings. The maximum absolute atomic E-state index is 12.0. The SMILES string of the molecule is C[C@H](OC(=O)c1cccc(N)c1O)C(=O)Nc1ccc([N+](=O)[O-])cc1. The van der Waals surface area contributed by atoms with Crippen LogP contribution in [0.5, 0.6) is 5.75 Å². The number of carbonyl (C=O) groups is 2. The Bertz CT molecular complexity index is 819. The van der Waals surface area contributed by atoms with Crippen molar-refractivity contribution in [1.82, 2.24) is 0 Å². The zero-order valence-electron chi connectivity index (χ0n) is 13.1. The van der Waals surface area contributed by atoms with Crippen LogP contribution < -0.4 is 11.1 Å². The highest BCUT2D eigenvalue weighted by molar-refractivity contribution is 5.99. The van der Waals surface area contributed by atoms with Gasteiger partial charge in [0.2, 0.25) is 0 Å². The number of carbonyl (C=O) groups excluding carboxylic acids is 2. The van der Waals surface area contributed by atoms with Crippen molar-refractivity contribution in [1.29, 1.82) is 0 Å². The number of aromatic hydroxyl groups is 1. The van der Waals surface area contributed by atoms with Gasteiger partial charge in [-0.05, 0) is 31.2 Å². The molecule has 0 radical (unpaired) electrons. The number of nitro groups is 1. The molecule has 1 amide bonds. The Labute approximate surface area is 142 Å². The number of nitrogen functional groups attached to an aromatic ring is 1. The van der Waals surface area contributed by atoms with Crippen LogP contribution in [0, 0.1) is 10.1 Å². The number of amides is 1. The molecule has 0 saturated carbocycles. The van der Waals surface area contributed by atoms with Crippen LogP contribution >= 0.6 is 0 Å². The lowest BCUT2D eigenvalue weighted by atomic mass is 10.2. The summed E-state index contributed by atoms with van der Waals surface area (Å²) in [7, 11) is 0. The third-order valence-corrected chi connectivity index (χ3v) is 3.29. The molecule has 2 aromatic rings. The van der Waals surface area contributed by atoms with Gasteiger partial charge < -0.3 is 20.9 Å². The second kappa shape index (κ2) is 7.30. The highest BCUT2D eigenvalue weighted by Crippen LogP contribution is 2.25. The fraction of sp³-hybridized carbons (Fsp3) is 0.125. The lowest BCUT2D eigenvalue weighted by molar-refractivity contribution is -0.384. The van der Waals surface area contributed by atoms with Gasteiger partial charge in [0.05, 0.1) is 10.6 Å². The first kappa shape index (κ1) is 17.7. The zero-order chi connectivity index (χ0) is 18.6. The van der Waals surface area contributed by atoms with Crippen molar-refractivity contribution < 1.29 is 24.4 Å². The van der Waals surface area contributed by atoms with E-state index < -0.39 is 28.7 Å². The molecule has 9 heteroatoms. The van der Waals surface area contributed by atoms with Crippen molar-refractivity contribution in [2.24, 2.45) is 0 Å². The molecule has 0 spiro atoms. The molecule has 0 aliphatic heterocycles. The van der Waals surface area contributed by atoms with Crippen LogP contribution in [0.4, 0.5) is 17.1 Å². The van der Waals surface area contributed by atoms with E-state index in [1.54, 1.807) is 0 Å². The van der Waals surface area contributed by atoms with Crippen molar-refractivity contribution in [2.45, 2.75) is 13.0 Å². The van der Waals surface area contributed by atoms with Crippen molar-refractivity contribution in [3.63, 3.8) is 0 Å². The van der Waals surface area contributed by atoms with Crippen molar-refractivity contribution >= 4 is 28.9 Å². The summed E-state index contributed by atoms with van der Waals surface area (Å²) in [6, 6.07) is 9.37. The summed E-state index contributed by atoms with van der Waals surface area (Å²) in [5, 5.41) is 22.8. The first-order valence-electron chi connectivity index (χ1n) is 7.13. The molecule has 0 saturated heterocycles. The van der Waals surface area contributed by atoms with Crippen LogP contribution in [-0.4, -0.2) is 28.0 Å². The fourth-order valence-electron chi connectivity index (χ4n) is 1.91. The largest absolute Gasteiger partial charge is 0.505 e. The molecule has 0 heterocycles. The van der Waals surface area contributed by atoms with Crippen LogP contribution in [0.1, 0.15) is 17.3 Å². The van der Waals surface area contributed by atoms with E-state index in [-0.39, 0.29) is 16.9 Å². The molecule has 25 heavy (non-hydrogen) atoms. The van der Waals surface area contributed by atoms with Gasteiger partial charge in [0.25, 0.3) is 11.6 Å². The lowest BCUT2D eigenvalue weighted by Gasteiger charge is -2.14. The normalized spacial score (nSPS) is 11.4. The zero-order valence-corrected chi connectivity index (χ0v) is 13.1. The first-order valence-corrected chi connectivity index (χ1v) is 7.13. The Morgan fingerprint density at radius 3 is 2.48 bits per heavy atom. The van der Waals surface area contributed by atoms with Gasteiger partial charge >= 0.3 is 5.97 Å². The summed E-state index contributed by atoms with van der Waals surface area (Å²) in [5.41, 5.74) is 5.55. The molecule has 2 rings (SSSR count). The van der Waals surface area contributed by atoms with Crippen molar-refractivity contribution in [3.8, 4) is 5.75 Å².